The van der Waals surface area contributed by atoms with Crippen LogP contribution in [-0.2, 0) is 4.79 Å². The minimum atomic E-state index is -0.206. The maximum Gasteiger partial charge on any atom is 0.248 e. The number of carbonyl (C=O) groups excluding carboxylic acids is 1. The molecule has 0 unspecified atom stereocenters. The minimum absolute atomic E-state index is 0.206. The van der Waals surface area contributed by atoms with Gasteiger partial charge in [0.15, 0.2) is 0 Å². The first-order valence-electron chi connectivity index (χ1n) is 7.62. The zero-order valence-corrected chi connectivity index (χ0v) is 13.0. The van der Waals surface area contributed by atoms with Gasteiger partial charge in [0.05, 0.1) is 17.1 Å². The van der Waals surface area contributed by atoms with Crippen LogP contribution in [-0.4, -0.2) is 10.9 Å². The van der Waals surface area contributed by atoms with E-state index in [9.17, 15) is 4.79 Å². The highest BCUT2D eigenvalue weighted by atomic mass is 16.1. The van der Waals surface area contributed by atoms with E-state index in [0.29, 0.717) is 0 Å². The number of pyridine rings is 1. The van der Waals surface area contributed by atoms with Crippen molar-refractivity contribution in [3.8, 4) is 0 Å². The molecule has 3 rings (SSSR count). The lowest BCUT2D eigenvalue weighted by molar-refractivity contribution is -0.111. The van der Waals surface area contributed by atoms with Gasteiger partial charge in [0.25, 0.3) is 0 Å². The molecular formula is C20H17N3O. The number of nitrogens with one attached hydrogen (secondary N) is 2. The zero-order valence-electron chi connectivity index (χ0n) is 13.0. The van der Waals surface area contributed by atoms with E-state index in [2.05, 4.69) is 15.6 Å². The Morgan fingerprint density at radius 1 is 0.833 bits per heavy atom. The first-order valence-corrected chi connectivity index (χ1v) is 7.62. The topological polar surface area (TPSA) is 54.0 Å². The molecule has 4 nitrogen and oxygen atoms in total. The molecule has 118 valence electrons. The Labute approximate surface area is 140 Å². The van der Waals surface area contributed by atoms with Crippen LogP contribution in [0.15, 0.2) is 85.1 Å². The predicted molar refractivity (Wildman–Crippen MR) is 98.1 cm³/mol. The number of aromatic nitrogens is 1. The molecule has 1 aromatic heterocycles. The van der Waals surface area contributed by atoms with E-state index in [-0.39, 0.29) is 5.91 Å². The molecule has 0 saturated heterocycles. The molecule has 1 heterocycles. The Hall–Kier alpha value is -3.40. The van der Waals surface area contributed by atoms with Crippen LogP contribution in [0.25, 0.3) is 6.08 Å². The van der Waals surface area contributed by atoms with Gasteiger partial charge in [0.1, 0.15) is 0 Å². The first kappa shape index (κ1) is 15.5. The normalized spacial score (nSPS) is 10.5. The summed E-state index contributed by atoms with van der Waals surface area (Å²) in [5, 5.41) is 6.19. The van der Waals surface area contributed by atoms with Gasteiger partial charge in [-0.2, -0.15) is 0 Å². The van der Waals surface area contributed by atoms with Crippen molar-refractivity contribution in [3.63, 3.8) is 0 Å². The van der Waals surface area contributed by atoms with Crippen molar-refractivity contribution in [2.24, 2.45) is 0 Å². The maximum atomic E-state index is 12.1. The van der Waals surface area contributed by atoms with Crippen LogP contribution in [0.4, 0.5) is 17.1 Å². The standard InChI is InChI=1S/C20H17N3O/c24-20(14-13-16-8-6-7-15-21-16)23-19-12-5-4-11-18(19)22-17-9-2-1-3-10-17/h1-15,22H,(H,23,24). The van der Waals surface area contributed by atoms with Crippen LogP contribution in [0, 0.1) is 0 Å². The van der Waals surface area contributed by atoms with Crippen molar-refractivity contribution in [1.82, 2.24) is 4.98 Å². The first-order chi connectivity index (χ1) is 11.8. The molecule has 0 radical (unpaired) electrons. The van der Waals surface area contributed by atoms with Gasteiger partial charge in [-0.3, -0.25) is 9.78 Å². The van der Waals surface area contributed by atoms with Crippen molar-refractivity contribution in [1.29, 1.82) is 0 Å². The lowest BCUT2D eigenvalue weighted by Gasteiger charge is -2.12. The fourth-order valence-electron chi connectivity index (χ4n) is 2.19. The molecule has 0 saturated carbocycles. The summed E-state index contributed by atoms with van der Waals surface area (Å²) in [7, 11) is 0. The Morgan fingerprint density at radius 3 is 2.29 bits per heavy atom. The predicted octanol–water partition coefficient (Wildman–Crippen LogP) is 4.48. The van der Waals surface area contributed by atoms with Gasteiger partial charge >= 0.3 is 0 Å². The summed E-state index contributed by atoms with van der Waals surface area (Å²) >= 11 is 0. The van der Waals surface area contributed by atoms with Gasteiger partial charge in [-0.1, -0.05) is 36.4 Å². The van der Waals surface area contributed by atoms with Crippen molar-refractivity contribution in [3.05, 3.63) is 90.8 Å². The number of carbonyl (C=O) groups is 1. The molecule has 3 aromatic rings. The molecule has 0 aliphatic heterocycles. The Bertz CT molecular complexity index is 830. The van der Waals surface area contributed by atoms with E-state index < -0.39 is 0 Å². The number of hydrogen-bond donors (Lipinski definition) is 2. The number of rotatable bonds is 5. The van der Waals surface area contributed by atoms with E-state index in [1.54, 1.807) is 12.3 Å². The highest BCUT2D eigenvalue weighted by molar-refractivity contribution is 6.03. The van der Waals surface area contributed by atoms with E-state index in [1.807, 2.05) is 72.8 Å². The van der Waals surface area contributed by atoms with Gasteiger partial charge < -0.3 is 10.6 Å². The lowest BCUT2D eigenvalue weighted by Crippen LogP contribution is -2.09. The number of para-hydroxylation sites is 3. The lowest BCUT2D eigenvalue weighted by atomic mass is 10.2. The summed E-state index contributed by atoms with van der Waals surface area (Å²) in [6, 6.07) is 23.0. The molecule has 0 aliphatic rings. The minimum Gasteiger partial charge on any atom is -0.354 e. The Kier molecular flexibility index (Phi) is 5.00. The van der Waals surface area contributed by atoms with Crippen molar-refractivity contribution in [2.45, 2.75) is 0 Å². The van der Waals surface area contributed by atoms with Crippen molar-refractivity contribution in [2.75, 3.05) is 10.6 Å². The highest BCUT2D eigenvalue weighted by Crippen LogP contribution is 2.25. The largest absolute Gasteiger partial charge is 0.354 e. The average molecular weight is 315 g/mol. The van der Waals surface area contributed by atoms with Gasteiger partial charge in [-0.15, -0.1) is 0 Å². The molecule has 0 atom stereocenters. The molecule has 0 bridgehead atoms. The Morgan fingerprint density at radius 2 is 1.54 bits per heavy atom. The summed E-state index contributed by atoms with van der Waals surface area (Å²) in [4.78, 5) is 16.3. The van der Waals surface area contributed by atoms with Crippen LogP contribution in [0.3, 0.4) is 0 Å². The molecule has 0 aliphatic carbocycles. The average Bonchev–Trinajstić information content (AvgIpc) is 2.63. The second-order valence-corrected chi connectivity index (χ2v) is 5.11. The summed E-state index contributed by atoms with van der Waals surface area (Å²) < 4.78 is 0. The molecule has 4 heteroatoms. The molecule has 2 aromatic carbocycles. The number of benzene rings is 2. The number of amides is 1. The second-order valence-electron chi connectivity index (χ2n) is 5.11. The quantitative estimate of drug-likeness (QED) is 0.683. The van der Waals surface area contributed by atoms with Gasteiger partial charge in [-0.25, -0.2) is 0 Å². The van der Waals surface area contributed by atoms with Crippen LogP contribution in [0.2, 0.25) is 0 Å². The summed E-state index contributed by atoms with van der Waals surface area (Å²) in [5.74, 6) is -0.206. The van der Waals surface area contributed by atoms with Gasteiger partial charge in [0.2, 0.25) is 5.91 Å². The van der Waals surface area contributed by atoms with Crippen molar-refractivity contribution < 1.29 is 4.79 Å². The summed E-state index contributed by atoms with van der Waals surface area (Å²) in [6.07, 6.45) is 4.85. The number of hydrogen-bond acceptors (Lipinski definition) is 3. The number of nitrogens with zero attached hydrogens (tertiary/aromatic N) is 1. The fraction of sp³-hybridized carbons (Fsp3) is 0. The summed E-state index contributed by atoms with van der Waals surface area (Å²) in [6.45, 7) is 0. The molecule has 1 amide bonds. The Balaban J connectivity index is 1.71. The van der Waals surface area contributed by atoms with E-state index in [1.165, 1.54) is 6.08 Å². The molecule has 24 heavy (non-hydrogen) atoms. The van der Waals surface area contributed by atoms with E-state index in [4.69, 9.17) is 0 Å². The third-order valence-electron chi connectivity index (χ3n) is 3.33. The molecule has 0 spiro atoms. The highest BCUT2D eigenvalue weighted by Gasteiger charge is 2.04. The van der Waals surface area contributed by atoms with Crippen LogP contribution in [0.1, 0.15) is 5.69 Å². The van der Waals surface area contributed by atoms with E-state index >= 15 is 0 Å². The van der Waals surface area contributed by atoms with Crippen LogP contribution >= 0.6 is 0 Å². The second kappa shape index (κ2) is 7.74. The molecule has 2 N–H and O–H groups in total. The zero-order chi connectivity index (χ0) is 16.6. The monoisotopic (exact) mass is 315 g/mol. The SMILES string of the molecule is O=C(C=Cc1ccccn1)Nc1ccccc1Nc1ccccc1. The fourth-order valence-corrected chi connectivity index (χ4v) is 2.19. The maximum absolute atomic E-state index is 12.1. The van der Waals surface area contributed by atoms with Crippen LogP contribution < -0.4 is 10.6 Å². The third kappa shape index (κ3) is 4.30. The van der Waals surface area contributed by atoms with Crippen molar-refractivity contribution >= 4 is 29.0 Å². The van der Waals surface area contributed by atoms with Crippen LogP contribution in [0.5, 0.6) is 0 Å². The number of anilines is 3. The smallest absolute Gasteiger partial charge is 0.248 e. The van der Waals surface area contributed by atoms with Gasteiger partial charge in [0, 0.05) is 18.0 Å². The molecular weight excluding hydrogens is 298 g/mol. The van der Waals surface area contributed by atoms with Gasteiger partial charge in [-0.05, 0) is 42.5 Å². The summed E-state index contributed by atoms with van der Waals surface area (Å²) in [5.41, 5.74) is 3.26. The third-order valence-corrected chi connectivity index (χ3v) is 3.33. The molecule has 0 fully saturated rings. The van der Waals surface area contributed by atoms with E-state index in [0.717, 1.165) is 22.8 Å².